The van der Waals surface area contributed by atoms with E-state index in [1.807, 2.05) is 0 Å². The molecule has 1 aliphatic heterocycles. The van der Waals surface area contributed by atoms with Crippen molar-refractivity contribution in [3.05, 3.63) is 41.2 Å². The number of aromatic nitrogens is 1. The highest BCUT2D eigenvalue weighted by Crippen LogP contribution is 2.26. The van der Waals surface area contributed by atoms with Crippen molar-refractivity contribution in [1.82, 2.24) is 15.2 Å². The second-order valence-corrected chi connectivity index (χ2v) is 7.79. The van der Waals surface area contributed by atoms with Gasteiger partial charge < -0.3 is 15.5 Å². The number of amides is 2. The van der Waals surface area contributed by atoms with Crippen LogP contribution >= 0.6 is 11.3 Å². The second kappa shape index (κ2) is 7.64. The second-order valence-electron chi connectivity index (χ2n) is 6.94. The number of para-hydroxylation sites is 1. The molecule has 0 spiro atoms. The van der Waals surface area contributed by atoms with Crippen LogP contribution in [0.15, 0.2) is 29.6 Å². The van der Waals surface area contributed by atoms with Gasteiger partial charge in [0.2, 0.25) is 5.91 Å². The number of piperidine rings is 1. The highest BCUT2D eigenvalue weighted by atomic mass is 32.1. The van der Waals surface area contributed by atoms with Gasteiger partial charge in [-0.05, 0) is 44.2 Å². The number of benzene rings is 1. The summed E-state index contributed by atoms with van der Waals surface area (Å²) < 4.78 is 13.8. The number of halogens is 1. The first-order valence-corrected chi connectivity index (χ1v) is 10.1. The average Bonchev–Trinajstić information content (AvgIpc) is 3.37. The zero-order valence-corrected chi connectivity index (χ0v) is 15.6. The van der Waals surface area contributed by atoms with Crippen LogP contribution < -0.4 is 10.6 Å². The van der Waals surface area contributed by atoms with Crippen molar-refractivity contribution in [1.29, 1.82) is 0 Å². The van der Waals surface area contributed by atoms with Gasteiger partial charge in [-0.2, -0.15) is 0 Å². The van der Waals surface area contributed by atoms with Crippen molar-refractivity contribution >= 4 is 34.0 Å². The lowest BCUT2D eigenvalue weighted by Crippen LogP contribution is -2.52. The third kappa shape index (κ3) is 4.10. The summed E-state index contributed by atoms with van der Waals surface area (Å²) in [5.41, 5.74) is 0.593. The molecule has 142 valence electrons. The van der Waals surface area contributed by atoms with Gasteiger partial charge in [0.1, 0.15) is 17.6 Å². The Morgan fingerprint density at radius 3 is 2.78 bits per heavy atom. The Morgan fingerprint density at radius 1 is 1.19 bits per heavy atom. The van der Waals surface area contributed by atoms with E-state index in [-0.39, 0.29) is 29.4 Å². The van der Waals surface area contributed by atoms with Gasteiger partial charge >= 0.3 is 0 Å². The molecule has 2 fully saturated rings. The summed E-state index contributed by atoms with van der Waals surface area (Å²) in [5, 5.41) is 7.99. The molecular weight excluding hydrogens is 367 g/mol. The zero-order chi connectivity index (χ0) is 18.8. The molecule has 27 heavy (non-hydrogen) atoms. The van der Waals surface area contributed by atoms with Gasteiger partial charge in [-0.3, -0.25) is 9.59 Å². The minimum absolute atomic E-state index is 0.0644. The quantitative estimate of drug-likeness (QED) is 0.824. The summed E-state index contributed by atoms with van der Waals surface area (Å²) in [6.07, 6.45) is 4.52. The highest BCUT2D eigenvalue weighted by Gasteiger charge is 2.35. The lowest BCUT2D eigenvalue weighted by atomic mass is 10.0. The Balaban J connectivity index is 1.47. The van der Waals surface area contributed by atoms with Crippen molar-refractivity contribution in [2.24, 2.45) is 0 Å². The van der Waals surface area contributed by atoms with Crippen molar-refractivity contribution in [3.63, 3.8) is 0 Å². The topological polar surface area (TPSA) is 74.3 Å². The van der Waals surface area contributed by atoms with E-state index in [4.69, 9.17) is 0 Å². The van der Waals surface area contributed by atoms with E-state index in [0.717, 1.165) is 25.7 Å². The van der Waals surface area contributed by atoms with E-state index in [0.29, 0.717) is 23.8 Å². The molecule has 2 heterocycles. The molecule has 0 bridgehead atoms. The minimum Gasteiger partial charge on any atom is -0.352 e. The van der Waals surface area contributed by atoms with Gasteiger partial charge in [0.15, 0.2) is 5.13 Å². The zero-order valence-electron chi connectivity index (χ0n) is 14.8. The normalized spacial score (nSPS) is 19.6. The molecular formula is C19H21FN4O2S. The molecule has 2 amide bonds. The Labute approximate surface area is 160 Å². The van der Waals surface area contributed by atoms with Crippen molar-refractivity contribution < 1.29 is 14.0 Å². The molecule has 8 heteroatoms. The van der Waals surface area contributed by atoms with E-state index in [9.17, 15) is 14.0 Å². The smallest absolute Gasteiger partial charge is 0.274 e. The number of hydrogen-bond acceptors (Lipinski definition) is 5. The molecule has 4 rings (SSSR count). The Kier molecular flexibility index (Phi) is 5.07. The number of likely N-dealkylation sites (tertiary alicyclic amines) is 1. The third-order valence-electron chi connectivity index (χ3n) is 4.83. The standard InChI is InChI=1S/C19H21FN4O2S/c20-13-5-1-2-6-14(13)22-19-23-15(11-27-19)18(26)24-10-4-3-7-16(24)17(25)21-12-8-9-12/h1-2,5-6,11-12,16H,3-4,7-10H2,(H,21,25)(H,22,23)/t16-/m1/s1. The molecule has 1 aromatic heterocycles. The maximum atomic E-state index is 13.8. The van der Waals surface area contributed by atoms with Gasteiger partial charge in [0, 0.05) is 18.0 Å². The first-order valence-electron chi connectivity index (χ1n) is 9.20. The molecule has 1 aliphatic carbocycles. The molecule has 2 aromatic rings. The summed E-state index contributed by atoms with van der Waals surface area (Å²) in [5.74, 6) is -0.692. The average molecular weight is 388 g/mol. The van der Waals surface area contributed by atoms with Crippen LogP contribution in [0.25, 0.3) is 0 Å². The molecule has 6 nitrogen and oxygen atoms in total. The van der Waals surface area contributed by atoms with Gasteiger partial charge in [0.05, 0.1) is 5.69 Å². The molecule has 1 atom stereocenters. The fourth-order valence-electron chi connectivity index (χ4n) is 3.23. The monoisotopic (exact) mass is 388 g/mol. The van der Waals surface area contributed by atoms with Crippen molar-refractivity contribution in [2.75, 3.05) is 11.9 Å². The lowest BCUT2D eigenvalue weighted by molar-refractivity contribution is -0.126. The predicted molar refractivity (Wildman–Crippen MR) is 102 cm³/mol. The van der Waals surface area contributed by atoms with Gasteiger partial charge in [-0.25, -0.2) is 9.37 Å². The maximum absolute atomic E-state index is 13.8. The molecule has 2 N–H and O–H groups in total. The van der Waals surface area contributed by atoms with E-state index in [2.05, 4.69) is 15.6 Å². The van der Waals surface area contributed by atoms with Crippen LogP contribution in [-0.4, -0.2) is 40.3 Å². The summed E-state index contributed by atoms with van der Waals surface area (Å²) in [7, 11) is 0. The Hall–Kier alpha value is -2.48. The number of carbonyl (C=O) groups excluding carboxylic acids is 2. The summed E-state index contributed by atoms with van der Waals surface area (Å²) in [4.78, 5) is 31.4. The van der Waals surface area contributed by atoms with Crippen LogP contribution in [0.3, 0.4) is 0 Å². The molecule has 0 radical (unpaired) electrons. The Bertz CT molecular complexity index is 852. The number of anilines is 2. The summed E-state index contributed by atoms with van der Waals surface area (Å²) in [6, 6.07) is 6.14. The number of nitrogens with one attached hydrogen (secondary N) is 2. The number of nitrogens with zero attached hydrogens (tertiary/aromatic N) is 2. The molecule has 1 aromatic carbocycles. The van der Waals surface area contributed by atoms with Crippen LogP contribution in [0.1, 0.15) is 42.6 Å². The van der Waals surface area contributed by atoms with E-state index in [1.165, 1.54) is 17.4 Å². The van der Waals surface area contributed by atoms with Gasteiger partial charge in [0.25, 0.3) is 5.91 Å². The van der Waals surface area contributed by atoms with E-state index in [1.54, 1.807) is 28.5 Å². The molecule has 1 saturated carbocycles. The number of rotatable bonds is 5. The van der Waals surface area contributed by atoms with Crippen LogP contribution in [0.2, 0.25) is 0 Å². The fourth-order valence-corrected chi connectivity index (χ4v) is 3.92. The third-order valence-corrected chi connectivity index (χ3v) is 5.59. The largest absolute Gasteiger partial charge is 0.352 e. The first kappa shape index (κ1) is 17.9. The lowest BCUT2D eigenvalue weighted by Gasteiger charge is -2.34. The number of carbonyl (C=O) groups is 2. The van der Waals surface area contributed by atoms with Crippen molar-refractivity contribution in [3.8, 4) is 0 Å². The van der Waals surface area contributed by atoms with Crippen LogP contribution in [0.4, 0.5) is 15.2 Å². The van der Waals surface area contributed by atoms with Gasteiger partial charge in [-0.1, -0.05) is 12.1 Å². The SMILES string of the molecule is O=C(NC1CC1)[C@H]1CCCCN1C(=O)c1csc(Nc2ccccc2F)n1. The van der Waals surface area contributed by atoms with Crippen LogP contribution in [-0.2, 0) is 4.79 Å². The summed E-state index contributed by atoms with van der Waals surface area (Å²) >= 11 is 1.24. The molecule has 1 saturated heterocycles. The fraction of sp³-hybridized carbons (Fsp3) is 0.421. The Morgan fingerprint density at radius 2 is 2.00 bits per heavy atom. The van der Waals surface area contributed by atoms with E-state index < -0.39 is 6.04 Å². The first-order chi connectivity index (χ1) is 13.1. The molecule has 2 aliphatic rings. The van der Waals surface area contributed by atoms with Crippen molar-refractivity contribution in [2.45, 2.75) is 44.2 Å². The highest BCUT2D eigenvalue weighted by molar-refractivity contribution is 7.14. The number of thiazole rings is 1. The number of hydrogen-bond donors (Lipinski definition) is 2. The predicted octanol–water partition coefficient (Wildman–Crippen LogP) is 3.30. The van der Waals surface area contributed by atoms with Crippen LogP contribution in [0.5, 0.6) is 0 Å². The molecule has 0 unspecified atom stereocenters. The van der Waals surface area contributed by atoms with E-state index >= 15 is 0 Å². The van der Waals surface area contributed by atoms with Gasteiger partial charge in [-0.15, -0.1) is 11.3 Å². The minimum atomic E-state index is -0.434. The maximum Gasteiger partial charge on any atom is 0.274 e. The summed E-state index contributed by atoms with van der Waals surface area (Å²) in [6.45, 7) is 0.551. The van der Waals surface area contributed by atoms with Crippen LogP contribution in [0, 0.1) is 5.82 Å².